The lowest BCUT2D eigenvalue weighted by Gasteiger charge is -2.32. The Morgan fingerprint density at radius 2 is 2.07 bits per heavy atom. The standard InChI is InChI=1S/C21H22N4O3/c1-24-12-10-22-19(24)16-7-2-3-8-17(16)20(26)23-15-6-4-11-25(14-15)21(27)18-9-5-13-28-18/h2-3,5,7-10,12-13,15H,4,6,11,14H2,1H3,(H,23,26). The molecule has 0 aliphatic carbocycles. The number of hydrogen-bond acceptors (Lipinski definition) is 4. The van der Waals surface area contributed by atoms with E-state index in [2.05, 4.69) is 10.3 Å². The quantitative estimate of drug-likeness (QED) is 0.757. The zero-order chi connectivity index (χ0) is 19.5. The van der Waals surface area contributed by atoms with Crippen LogP contribution in [-0.4, -0.2) is 45.4 Å². The molecule has 4 rings (SSSR count). The van der Waals surface area contributed by atoms with Gasteiger partial charge in [-0.25, -0.2) is 4.98 Å². The van der Waals surface area contributed by atoms with Crippen LogP contribution in [0.4, 0.5) is 0 Å². The molecule has 0 spiro atoms. The second-order valence-corrected chi connectivity index (χ2v) is 6.95. The maximum atomic E-state index is 13.0. The van der Waals surface area contributed by atoms with Gasteiger partial charge in [-0.05, 0) is 31.0 Å². The first-order valence-corrected chi connectivity index (χ1v) is 9.34. The molecule has 144 valence electrons. The lowest BCUT2D eigenvalue weighted by Crippen LogP contribution is -2.49. The lowest BCUT2D eigenvalue weighted by atomic mass is 10.0. The number of piperidine rings is 1. The molecule has 7 nitrogen and oxygen atoms in total. The molecular formula is C21H22N4O3. The summed E-state index contributed by atoms with van der Waals surface area (Å²) in [5, 5.41) is 3.09. The van der Waals surface area contributed by atoms with Crippen LogP contribution in [0.2, 0.25) is 0 Å². The Labute approximate surface area is 163 Å². The first-order valence-electron chi connectivity index (χ1n) is 9.34. The molecule has 0 bridgehead atoms. The monoisotopic (exact) mass is 378 g/mol. The Balaban J connectivity index is 1.48. The molecule has 1 N–H and O–H groups in total. The van der Waals surface area contributed by atoms with Gasteiger partial charge in [0.1, 0.15) is 5.82 Å². The van der Waals surface area contributed by atoms with Gasteiger partial charge in [0.05, 0.1) is 11.8 Å². The highest BCUT2D eigenvalue weighted by Gasteiger charge is 2.27. The number of nitrogens with zero attached hydrogens (tertiary/aromatic N) is 3. The molecule has 1 unspecified atom stereocenters. The Morgan fingerprint density at radius 3 is 2.82 bits per heavy atom. The number of nitrogens with one attached hydrogen (secondary N) is 1. The van der Waals surface area contributed by atoms with Crippen molar-refractivity contribution >= 4 is 11.8 Å². The molecular weight excluding hydrogens is 356 g/mol. The van der Waals surface area contributed by atoms with E-state index in [4.69, 9.17) is 4.42 Å². The van der Waals surface area contributed by atoms with E-state index in [0.29, 0.717) is 24.4 Å². The number of carbonyl (C=O) groups is 2. The number of hydrogen-bond donors (Lipinski definition) is 1. The summed E-state index contributed by atoms with van der Waals surface area (Å²) in [5.41, 5.74) is 1.36. The van der Waals surface area contributed by atoms with Gasteiger partial charge in [-0.1, -0.05) is 18.2 Å². The van der Waals surface area contributed by atoms with Crippen molar-refractivity contribution in [1.82, 2.24) is 19.8 Å². The molecule has 2 amide bonds. The molecule has 3 heterocycles. The van der Waals surface area contributed by atoms with Gasteiger partial charge >= 0.3 is 0 Å². The first kappa shape index (κ1) is 18.0. The fraction of sp³-hybridized carbons (Fsp3) is 0.286. The summed E-state index contributed by atoms with van der Waals surface area (Å²) in [6.07, 6.45) is 6.72. The van der Waals surface area contributed by atoms with Crippen LogP contribution in [0.15, 0.2) is 59.5 Å². The largest absolute Gasteiger partial charge is 0.459 e. The molecule has 1 fully saturated rings. The van der Waals surface area contributed by atoms with Crippen molar-refractivity contribution in [2.24, 2.45) is 7.05 Å². The highest BCUT2D eigenvalue weighted by Crippen LogP contribution is 2.22. The van der Waals surface area contributed by atoms with Gasteiger partial charge in [0.15, 0.2) is 5.76 Å². The van der Waals surface area contributed by atoms with Gasteiger partial charge in [-0.15, -0.1) is 0 Å². The third-order valence-corrected chi connectivity index (χ3v) is 5.01. The van der Waals surface area contributed by atoms with Crippen molar-refractivity contribution in [2.45, 2.75) is 18.9 Å². The molecule has 1 aliphatic heterocycles. The van der Waals surface area contributed by atoms with E-state index in [1.807, 2.05) is 36.0 Å². The molecule has 1 aliphatic rings. The van der Waals surface area contributed by atoms with Crippen LogP contribution in [0.5, 0.6) is 0 Å². The zero-order valence-electron chi connectivity index (χ0n) is 15.7. The summed E-state index contributed by atoms with van der Waals surface area (Å²) >= 11 is 0. The highest BCUT2D eigenvalue weighted by atomic mass is 16.3. The smallest absolute Gasteiger partial charge is 0.289 e. The molecule has 3 aromatic rings. The predicted molar refractivity (Wildman–Crippen MR) is 104 cm³/mol. The minimum atomic E-state index is -0.157. The summed E-state index contributed by atoms with van der Waals surface area (Å²) in [5.74, 6) is 0.768. The van der Waals surface area contributed by atoms with Gasteiger partial charge in [0, 0.05) is 44.1 Å². The molecule has 0 radical (unpaired) electrons. The fourth-order valence-electron chi connectivity index (χ4n) is 3.60. The summed E-state index contributed by atoms with van der Waals surface area (Å²) in [7, 11) is 1.90. The maximum absolute atomic E-state index is 13.0. The van der Waals surface area contributed by atoms with Crippen LogP contribution < -0.4 is 5.32 Å². The second-order valence-electron chi connectivity index (χ2n) is 6.95. The summed E-state index contributed by atoms with van der Waals surface area (Å²) in [4.78, 5) is 31.6. The number of aromatic nitrogens is 2. The summed E-state index contributed by atoms with van der Waals surface area (Å²) < 4.78 is 7.10. The molecule has 0 saturated carbocycles. The minimum absolute atomic E-state index is 0.102. The Hall–Kier alpha value is -3.35. The predicted octanol–water partition coefficient (Wildman–Crippen LogP) is 2.71. The van der Waals surface area contributed by atoms with Crippen LogP contribution in [0, 0.1) is 0 Å². The number of furan rings is 1. The average molecular weight is 378 g/mol. The normalized spacial score (nSPS) is 16.8. The van der Waals surface area contributed by atoms with E-state index in [1.54, 1.807) is 29.3 Å². The van der Waals surface area contributed by atoms with E-state index >= 15 is 0 Å². The number of likely N-dealkylation sites (tertiary alicyclic amines) is 1. The van der Waals surface area contributed by atoms with Crippen molar-refractivity contribution in [1.29, 1.82) is 0 Å². The second kappa shape index (κ2) is 7.72. The topological polar surface area (TPSA) is 80.4 Å². The number of aryl methyl sites for hydroxylation is 1. The van der Waals surface area contributed by atoms with E-state index < -0.39 is 0 Å². The maximum Gasteiger partial charge on any atom is 0.289 e. The molecule has 28 heavy (non-hydrogen) atoms. The van der Waals surface area contributed by atoms with E-state index in [9.17, 15) is 9.59 Å². The van der Waals surface area contributed by atoms with Crippen molar-refractivity contribution in [3.05, 3.63) is 66.4 Å². The van der Waals surface area contributed by atoms with Gasteiger partial charge in [-0.2, -0.15) is 0 Å². The minimum Gasteiger partial charge on any atom is -0.459 e. The Morgan fingerprint density at radius 1 is 1.21 bits per heavy atom. The number of rotatable bonds is 4. The van der Waals surface area contributed by atoms with Gasteiger partial charge in [0.2, 0.25) is 0 Å². The summed E-state index contributed by atoms with van der Waals surface area (Å²) in [6.45, 7) is 1.13. The Kier molecular flexibility index (Phi) is 4.97. The molecule has 7 heteroatoms. The van der Waals surface area contributed by atoms with E-state index in [0.717, 1.165) is 24.2 Å². The van der Waals surface area contributed by atoms with Crippen LogP contribution in [-0.2, 0) is 7.05 Å². The zero-order valence-corrected chi connectivity index (χ0v) is 15.7. The number of imidazole rings is 1. The number of carbonyl (C=O) groups excluding carboxylic acids is 2. The summed E-state index contributed by atoms with van der Waals surface area (Å²) in [6, 6.07) is 10.7. The van der Waals surface area contributed by atoms with E-state index in [1.165, 1.54) is 6.26 Å². The van der Waals surface area contributed by atoms with Crippen LogP contribution in [0.25, 0.3) is 11.4 Å². The molecule has 1 saturated heterocycles. The molecule has 1 atom stereocenters. The molecule has 1 aromatic carbocycles. The van der Waals surface area contributed by atoms with Gasteiger partial charge in [0.25, 0.3) is 11.8 Å². The fourth-order valence-corrected chi connectivity index (χ4v) is 3.60. The first-order chi connectivity index (χ1) is 13.6. The van der Waals surface area contributed by atoms with Gasteiger partial charge in [-0.3, -0.25) is 9.59 Å². The van der Waals surface area contributed by atoms with Crippen molar-refractivity contribution in [2.75, 3.05) is 13.1 Å². The third-order valence-electron chi connectivity index (χ3n) is 5.01. The van der Waals surface area contributed by atoms with Crippen LogP contribution in [0.3, 0.4) is 0 Å². The Bertz CT molecular complexity index is 977. The SMILES string of the molecule is Cn1ccnc1-c1ccccc1C(=O)NC1CCCN(C(=O)c2ccco2)C1. The number of benzene rings is 1. The van der Waals surface area contributed by atoms with Crippen molar-refractivity contribution < 1.29 is 14.0 Å². The highest BCUT2D eigenvalue weighted by molar-refractivity contribution is 6.00. The third kappa shape index (κ3) is 3.55. The van der Waals surface area contributed by atoms with Gasteiger partial charge < -0.3 is 19.2 Å². The number of amides is 2. The van der Waals surface area contributed by atoms with Crippen molar-refractivity contribution in [3.63, 3.8) is 0 Å². The average Bonchev–Trinajstić information content (AvgIpc) is 3.39. The lowest BCUT2D eigenvalue weighted by molar-refractivity contribution is 0.0647. The van der Waals surface area contributed by atoms with E-state index in [-0.39, 0.29) is 17.9 Å². The van der Waals surface area contributed by atoms with Crippen LogP contribution >= 0.6 is 0 Å². The van der Waals surface area contributed by atoms with Crippen LogP contribution in [0.1, 0.15) is 33.8 Å². The molecule has 2 aromatic heterocycles. The van der Waals surface area contributed by atoms with Crippen molar-refractivity contribution in [3.8, 4) is 11.4 Å².